The predicted molar refractivity (Wildman–Crippen MR) is 150 cm³/mol. The fourth-order valence-corrected chi connectivity index (χ4v) is 4.43. The van der Waals surface area contributed by atoms with Gasteiger partial charge in [-0.15, -0.1) is 0 Å². The van der Waals surface area contributed by atoms with Gasteiger partial charge in [0.15, 0.2) is 5.15 Å². The van der Waals surface area contributed by atoms with E-state index in [1.807, 2.05) is 0 Å². The third-order valence-corrected chi connectivity index (χ3v) is 6.60. The molecule has 0 N–H and O–H groups in total. The van der Waals surface area contributed by atoms with Gasteiger partial charge in [0.05, 0.1) is 38.8 Å². The smallest absolute Gasteiger partial charge is 0.309 e. The molecule has 0 bridgehead atoms. The van der Waals surface area contributed by atoms with E-state index in [9.17, 15) is 44.7 Å². The maximum Gasteiger partial charge on any atom is 0.419 e. The number of carbonyl (C=O) groups is 1. The molecule has 0 aliphatic carbocycles. The van der Waals surface area contributed by atoms with Crippen LogP contribution in [0.5, 0.6) is 0 Å². The number of carbonyl (C=O) groups excluding carboxylic acids is 1. The number of alkyl halides is 6. The number of nitrogens with zero attached hydrogens (tertiary/aromatic N) is 4. The van der Waals surface area contributed by atoms with Crippen molar-refractivity contribution in [3.05, 3.63) is 111 Å². The molecule has 3 heterocycles. The molecule has 0 unspecified atom stereocenters. The second kappa shape index (κ2) is 12.6. The highest BCUT2D eigenvalue weighted by molar-refractivity contribution is 6.32. The van der Waals surface area contributed by atoms with Gasteiger partial charge in [-0.2, -0.15) is 26.3 Å². The van der Waals surface area contributed by atoms with Crippen molar-refractivity contribution in [2.45, 2.75) is 19.8 Å². The molecule has 0 saturated carbocycles. The third kappa shape index (κ3) is 6.34. The Kier molecular flexibility index (Phi) is 9.68. The largest absolute Gasteiger partial charge is 0.419 e. The number of aryl methyl sites for hydroxylation is 1. The molecule has 0 atom stereocenters. The maximum absolute atomic E-state index is 14.2. The van der Waals surface area contributed by atoms with Crippen molar-refractivity contribution in [3.8, 4) is 0 Å². The van der Waals surface area contributed by atoms with E-state index in [0.29, 0.717) is 17.6 Å². The van der Waals surface area contributed by atoms with E-state index in [1.54, 1.807) is 12.1 Å². The second-order valence-corrected chi connectivity index (χ2v) is 9.28. The van der Waals surface area contributed by atoms with E-state index in [1.165, 1.54) is 38.6 Å². The average molecular weight is 645 g/mol. The Morgan fingerprint density at radius 2 is 1.43 bits per heavy atom. The lowest BCUT2D eigenvalue weighted by molar-refractivity contribution is -0.140. The molecule has 232 valence electrons. The molecular weight excluding hydrogens is 624 g/mol. The zero-order valence-electron chi connectivity index (χ0n) is 21.9. The first-order chi connectivity index (χ1) is 20.1. The minimum Gasteiger partial charge on any atom is -0.309 e. The van der Waals surface area contributed by atoms with Crippen LogP contribution in [0.2, 0.25) is 5.15 Å². The summed E-state index contributed by atoms with van der Waals surface area (Å²) in [6.07, 6.45) is -6.93. The molecule has 0 radical (unpaired) electrons. The van der Waals surface area contributed by atoms with Crippen LogP contribution in [-0.2, 0) is 19.4 Å². The average Bonchev–Trinajstić information content (AvgIpc) is 2.94. The molecule has 0 aliphatic heterocycles. The SMILES string of the molecule is C.CN(C(=O)c1cccc(C(F)(F)F)c1F)c1cccnc1Cl.Cn1c(=O)c2c(F)c(C(F)(F)F)ccc2c2ncccc21. The summed E-state index contributed by atoms with van der Waals surface area (Å²) in [6.45, 7) is 0. The first-order valence-electron chi connectivity index (χ1n) is 11.9. The molecular formula is C29H21ClF8N4O2. The molecule has 0 saturated heterocycles. The summed E-state index contributed by atoms with van der Waals surface area (Å²) in [5, 5.41) is -0.552. The fourth-order valence-electron chi connectivity index (χ4n) is 4.19. The van der Waals surface area contributed by atoms with Gasteiger partial charge in [-0.1, -0.05) is 31.2 Å². The molecule has 6 nitrogen and oxygen atoms in total. The summed E-state index contributed by atoms with van der Waals surface area (Å²) in [6, 6.07) is 10.4. The van der Waals surface area contributed by atoms with Gasteiger partial charge in [-0.3, -0.25) is 14.6 Å². The zero-order valence-corrected chi connectivity index (χ0v) is 22.6. The van der Waals surface area contributed by atoms with Gasteiger partial charge >= 0.3 is 12.4 Å². The Morgan fingerprint density at radius 3 is 2.05 bits per heavy atom. The van der Waals surface area contributed by atoms with E-state index < -0.39 is 57.5 Å². The monoisotopic (exact) mass is 644 g/mol. The number of pyridine rings is 3. The van der Waals surface area contributed by atoms with Gasteiger partial charge in [0.1, 0.15) is 11.6 Å². The maximum atomic E-state index is 14.2. The van der Waals surface area contributed by atoms with Gasteiger partial charge < -0.3 is 9.47 Å². The first-order valence-corrected chi connectivity index (χ1v) is 12.3. The molecule has 44 heavy (non-hydrogen) atoms. The predicted octanol–water partition coefficient (Wildman–Crippen LogP) is 8.05. The van der Waals surface area contributed by atoms with Crippen molar-refractivity contribution in [3.63, 3.8) is 0 Å². The summed E-state index contributed by atoms with van der Waals surface area (Å²) in [5.74, 6) is -4.14. The Balaban J connectivity index is 0.000000235. The number of rotatable bonds is 2. The Morgan fingerprint density at radius 1 is 0.841 bits per heavy atom. The summed E-state index contributed by atoms with van der Waals surface area (Å²) in [7, 11) is 2.64. The van der Waals surface area contributed by atoms with Crippen LogP contribution in [0, 0.1) is 11.6 Å². The van der Waals surface area contributed by atoms with Crippen LogP contribution < -0.4 is 10.5 Å². The van der Waals surface area contributed by atoms with Gasteiger partial charge in [0.2, 0.25) is 0 Å². The van der Waals surface area contributed by atoms with Crippen LogP contribution in [0.15, 0.2) is 71.8 Å². The van der Waals surface area contributed by atoms with Crippen LogP contribution in [0.4, 0.5) is 40.8 Å². The number of amides is 1. The number of anilines is 1. The second-order valence-electron chi connectivity index (χ2n) is 8.93. The minimum atomic E-state index is -4.88. The van der Waals surface area contributed by atoms with Crippen molar-refractivity contribution < 1.29 is 39.9 Å². The molecule has 0 spiro atoms. The van der Waals surface area contributed by atoms with E-state index in [0.717, 1.165) is 27.7 Å². The Hall–Kier alpha value is -4.59. The van der Waals surface area contributed by atoms with Gasteiger partial charge in [0, 0.05) is 31.9 Å². The summed E-state index contributed by atoms with van der Waals surface area (Å²) >= 11 is 5.82. The lowest BCUT2D eigenvalue weighted by Gasteiger charge is -2.19. The van der Waals surface area contributed by atoms with Gasteiger partial charge in [-0.05, 0) is 42.5 Å². The van der Waals surface area contributed by atoms with Crippen molar-refractivity contribution in [2.75, 3.05) is 11.9 Å². The standard InChI is InChI=1S/C14H9ClF4N2O.C14H8F4N2O.CH4/c1-21(10-6-3-7-20-12(10)15)13(22)8-4-2-5-9(11(8)16)14(17,18)19;1-20-9-3-2-6-19-12(9)7-4-5-8(14(16,17)18)11(15)10(7)13(20)21;/h2-7H,1H3;2-6H,1H3;1H4. The molecule has 5 aromatic rings. The quantitative estimate of drug-likeness (QED) is 0.111. The first kappa shape index (κ1) is 33.9. The number of benzene rings is 2. The molecule has 1 amide bonds. The van der Waals surface area contributed by atoms with Crippen molar-refractivity contribution in [2.24, 2.45) is 7.05 Å². The Bertz CT molecular complexity index is 1920. The minimum absolute atomic E-state index is 0. The molecule has 15 heteroatoms. The highest BCUT2D eigenvalue weighted by Gasteiger charge is 2.37. The van der Waals surface area contributed by atoms with Gasteiger partial charge in [-0.25, -0.2) is 13.8 Å². The van der Waals surface area contributed by atoms with Crippen molar-refractivity contribution >= 4 is 45.0 Å². The fraction of sp³-hybridized carbons (Fsp3) is 0.172. The Labute approximate surface area is 249 Å². The third-order valence-electron chi connectivity index (χ3n) is 6.31. The molecule has 0 aliphatic rings. The highest BCUT2D eigenvalue weighted by Crippen LogP contribution is 2.35. The van der Waals surface area contributed by atoms with Crippen molar-refractivity contribution in [1.82, 2.24) is 14.5 Å². The van der Waals surface area contributed by atoms with Crippen LogP contribution in [0.3, 0.4) is 0 Å². The van der Waals surface area contributed by atoms with Crippen LogP contribution >= 0.6 is 11.6 Å². The molecule has 5 rings (SSSR count). The van der Waals surface area contributed by atoms with Crippen LogP contribution in [-0.4, -0.2) is 27.5 Å². The molecule has 2 aromatic carbocycles. The number of aromatic nitrogens is 3. The highest BCUT2D eigenvalue weighted by atomic mass is 35.5. The summed E-state index contributed by atoms with van der Waals surface area (Å²) in [5.41, 5.74) is -3.61. The summed E-state index contributed by atoms with van der Waals surface area (Å²) in [4.78, 5) is 33.1. The molecule has 0 fully saturated rings. The summed E-state index contributed by atoms with van der Waals surface area (Å²) < 4.78 is 106. The number of hydrogen-bond donors (Lipinski definition) is 0. The lowest BCUT2D eigenvalue weighted by atomic mass is 10.1. The zero-order chi connectivity index (χ0) is 31.9. The topological polar surface area (TPSA) is 68.1 Å². The van der Waals surface area contributed by atoms with E-state index in [2.05, 4.69) is 9.97 Å². The normalized spacial score (nSPS) is 11.5. The van der Waals surface area contributed by atoms with E-state index in [4.69, 9.17) is 11.6 Å². The van der Waals surface area contributed by atoms with Crippen LogP contribution in [0.1, 0.15) is 28.9 Å². The number of fused-ring (bicyclic) bond motifs is 3. The van der Waals surface area contributed by atoms with Crippen LogP contribution in [0.25, 0.3) is 21.8 Å². The van der Waals surface area contributed by atoms with E-state index >= 15 is 0 Å². The van der Waals surface area contributed by atoms with Gasteiger partial charge in [0.25, 0.3) is 11.5 Å². The van der Waals surface area contributed by atoms with E-state index in [-0.39, 0.29) is 29.2 Å². The number of hydrogen-bond acceptors (Lipinski definition) is 4. The van der Waals surface area contributed by atoms with Crippen molar-refractivity contribution in [1.29, 1.82) is 0 Å². The number of halogens is 9. The lowest BCUT2D eigenvalue weighted by Crippen LogP contribution is -2.28. The molecule has 3 aromatic heterocycles.